The van der Waals surface area contributed by atoms with Gasteiger partial charge in [-0.15, -0.1) is 0 Å². The minimum absolute atomic E-state index is 0.700. The molecule has 0 spiro atoms. The van der Waals surface area contributed by atoms with Gasteiger partial charge in [-0.3, -0.25) is 0 Å². The first-order chi connectivity index (χ1) is 9.71. The van der Waals surface area contributed by atoms with Gasteiger partial charge in [0.05, 0.1) is 14.2 Å². The van der Waals surface area contributed by atoms with Crippen LogP contribution in [0.5, 0.6) is 11.5 Å². The van der Waals surface area contributed by atoms with E-state index in [1.807, 2.05) is 48.5 Å². The van der Waals surface area contributed by atoms with Gasteiger partial charge < -0.3 is 14.4 Å². The monoisotopic (exact) mass is 290 g/mol. The molecule has 0 fully saturated rings. The predicted octanol–water partition coefficient (Wildman–Crippen LogP) is 3.79. The van der Waals surface area contributed by atoms with Crippen molar-refractivity contribution in [3.63, 3.8) is 0 Å². The third kappa shape index (κ3) is 4.22. The smallest absolute Gasteiger partial charge is 0.118 e. The molecule has 0 atom stereocenters. The number of rotatable bonds is 6. The van der Waals surface area contributed by atoms with Gasteiger partial charge in [-0.1, -0.05) is 24.3 Å². The Balaban J connectivity index is 1.91. The van der Waals surface area contributed by atoms with Crippen molar-refractivity contribution in [2.24, 2.45) is 0 Å². The van der Waals surface area contributed by atoms with Gasteiger partial charge in [0.15, 0.2) is 0 Å². The van der Waals surface area contributed by atoms with Crippen LogP contribution in [-0.4, -0.2) is 19.1 Å². The van der Waals surface area contributed by atoms with E-state index in [0.29, 0.717) is 12.3 Å². The zero-order valence-corrected chi connectivity index (χ0v) is 12.6. The number of hydrogen-bond donors (Lipinski definition) is 1. The Bertz CT molecular complexity index is 473. The lowest BCUT2D eigenvalue weighted by atomic mass is 10.2. The topological polar surface area (TPSA) is 38.7 Å². The molecular formula is C16H19O3P. The summed E-state index contributed by atoms with van der Waals surface area (Å²) >= 11 is 0. The normalized spacial score (nSPS) is 10.6. The van der Waals surface area contributed by atoms with Gasteiger partial charge in [0, 0.05) is 20.5 Å². The lowest BCUT2D eigenvalue weighted by molar-refractivity contribution is 0.414. The van der Waals surface area contributed by atoms with Crippen LogP contribution in [-0.2, 0) is 12.3 Å². The molecule has 0 saturated carbocycles. The molecule has 2 aromatic rings. The summed E-state index contributed by atoms with van der Waals surface area (Å²) in [4.78, 5) is 10.2. The molecule has 0 aromatic heterocycles. The molecule has 2 aromatic carbocycles. The first-order valence-electron chi connectivity index (χ1n) is 6.41. The van der Waals surface area contributed by atoms with E-state index >= 15 is 0 Å². The summed E-state index contributed by atoms with van der Waals surface area (Å²) in [6, 6.07) is 15.7. The van der Waals surface area contributed by atoms with Crippen LogP contribution in [0.25, 0.3) is 0 Å². The van der Waals surface area contributed by atoms with Crippen molar-refractivity contribution < 1.29 is 14.4 Å². The molecule has 0 aliphatic carbocycles. The summed E-state index contributed by atoms with van der Waals surface area (Å²) in [5.74, 6) is 1.68. The van der Waals surface area contributed by atoms with Gasteiger partial charge in [0.1, 0.15) is 11.5 Å². The molecule has 0 aliphatic rings. The molecule has 0 unspecified atom stereocenters. The Morgan fingerprint density at radius 1 is 0.750 bits per heavy atom. The van der Waals surface area contributed by atoms with Crippen LogP contribution < -0.4 is 9.47 Å². The molecule has 0 aliphatic heterocycles. The minimum atomic E-state index is -1.04. The maximum atomic E-state index is 10.2. The number of ether oxygens (including phenoxy) is 2. The Morgan fingerprint density at radius 3 is 1.40 bits per heavy atom. The average Bonchev–Trinajstić information content (AvgIpc) is 2.49. The molecule has 0 bridgehead atoms. The van der Waals surface area contributed by atoms with E-state index in [1.165, 1.54) is 0 Å². The summed E-state index contributed by atoms with van der Waals surface area (Å²) in [6.45, 7) is 0. The summed E-state index contributed by atoms with van der Waals surface area (Å²) in [7, 11) is 2.26. The van der Waals surface area contributed by atoms with Crippen LogP contribution in [0.3, 0.4) is 0 Å². The van der Waals surface area contributed by atoms with Gasteiger partial charge in [0.2, 0.25) is 0 Å². The van der Waals surface area contributed by atoms with Crippen LogP contribution in [0.15, 0.2) is 48.5 Å². The van der Waals surface area contributed by atoms with E-state index in [1.54, 1.807) is 14.2 Å². The van der Waals surface area contributed by atoms with E-state index in [0.717, 1.165) is 22.6 Å². The van der Waals surface area contributed by atoms with Crippen LogP contribution >= 0.6 is 8.15 Å². The average molecular weight is 290 g/mol. The summed E-state index contributed by atoms with van der Waals surface area (Å²) in [5.41, 5.74) is 2.26. The standard InChI is InChI=1S/C16H19O3P/c1-18-15-7-3-13(4-8-15)11-20(17)12-14-5-9-16(19-2)10-6-14/h3-10,17H,11-12H2,1-2H3. The highest BCUT2D eigenvalue weighted by Gasteiger charge is 2.07. The highest BCUT2D eigenvalue weighted by molar-refractivity contribution is 7.49. The van der Waals surface area contributed by atoms with Crippen molar-refractivity contribution in [2.75, 3.05) is 14.2 Å². The molecule has 3 nitrogen and oxygen atoms in total. The fourth-order valence-electron chi connectivity index (χ4n) is 1.94. The van der Waals surface area contributed by atoms with Gasteiger partial charge >= 0.3 is 0 Å². The fraction of sp³-hybridized carbons (Fsp3) is 0.250. The molecule has 2 rings (SSSR count). The van der Waals surface area contributed by atoms with Gasteiger partial charge in [0.25, 0.3) is 0 Å². The highest BCUT2D eigenvalue weighted by Crippen LogP contribution is 2.39. The third-order valence-corrected chi connectivity index (χ3v) is 4.51. The van der Waals surface area contributed by atoms with Crippen molar-refractivity contribution in [3.05, 3.63) is 59.7 Å². The quantitative estimate of drug-likeness (QED) is 0.823. The minimum Gasteiger partial charge on any atom is -0.497 e. The first-order valence-corrected chi connectivity index (χ1v) is 8.07. The van der Waals surface area contributed by atoms with Crippen LogP contribution in [0.4, 0.5) is 0 Å². The maximum Gasteiger partial charge on any atom is 0.118 e. The molecule has 106 valence electrons. The van der Waals surface area contributed by atoms with Crippen molar-refractivity contribution in [2.45, 2.75) is 12.3 Å². The fourth-order valence-corrected chi connectivity index (χ4v) is 3.32. The third-order valence-electron chi connectivity index (χ3n) is 3.05. The molecule has 0 amide bonds. The Hall–Kier alpha value is -1.57. The largest absolute Gasteiger partial charge is 0.497 e. The lowest BCUT2D eigenvalue weighted by Crippen LogP contribution is -1.90. The molecule has 20 heavy (non-hydrogen) atoms. The van der Waals surface area contributed by atoms with E-state index in [-0.39, 0.29) is 0 Å². The summed E-state index contributed by atoms with van der Waals surface area (Å²) < 4.78 is 10.2. The van der Waals surface area contributed by atoms with Crippen molar-refractivity contribution in [3.8, 4) is 11.5 Å². The molecule has 0 heterocycles. The van der Waals surface area contributed by atoms with Gasteiger partial charge in [-0.2, -0.15) is 0 Å². The molecule has 0 saturated heterocycles. The van der Waals surface area contributed by atoms with E-state index in [4.69, 9.17) is 9.47 Å². The van der Waals surface area contributed by atoms with Crippen LogP contribution in [0, 0.1) is 0 Å². The first kappa shape index (κ1) is 14.8. The predicted molar refractivity (Wildman–Crippen MR) is 82.5 cm³/mol. The van der Waals surface area contributed by atoms with Crippen molar-refractivity contribution >= 4 is 8.15 Å². The Labute approximate surface area is 121 Å². The molecule has 1 N–H and O–H groups in total. The van der Waals surface area contributed by atoms with Gasteiger partial charge in [-0.05, 0) is 35.4 Å². The van der Waals surface area contributed by atoms with Gasteiger partial charge in [-0.25, -0.2) is 0 Å². The maximum absolute atomic E-state index is 10.2. The number of benzene rings is 2. The second-order valence-corrected chi connectivity index (χ2v) is 6.16. The lowest BCUT2D eigenvalue weighted by Gasteiger charge is -2.11. The highest BCUT2D eigenvalue weighted by atomic mass is 31.1. The molecular weight excluding hydrogens is 271 g/mol. The summed E-state index contributed by atoms with van der Waals surface area (Å²) in [6.07, 6.45) is 1.40. The zero-order chi connectivity index (χ0) is 14.4. The summed E-state index contributed by atoms with van der Waals surface area (Å²) in [5, 5.41) is 0. The van der Waals surface area contributed by atoms with E-state index in [2.05, 4.69) is 0 Å². The molecule has 4 heteroatoms. The van der Waals surface area contributed by atoms with Crippen LogP contribution in [0.2, 0.25) is 0 Å². The number of methoxy groups -OCH3 is 2. The molecule has 0 radical (unpaired) electrons. The van der Waals surface area contributed by atoms with Crippen LogP contribution in [0.1, 0.15) is 11.1 Å². The Morgan fingerprint density at radius 2 is 1.10 bits per heavy atom. The van der Waals surface area contributed by atoms with Crippen molar-refractivity contribution in [1.29, 1.82) is 0 Å². The van der Waals surface area contributed by atoms with E-state index in [9.17, 15) is 4.89 Å². The SMILES string of the molecule is COc1ccc(CP(O)Cc2ccc(OC)cc2)cc1. The second kappa shape index (κ2) is 7.28. The zero-order valence-electron chi connectivity index (χ0n) is 11.7. The van der Waals surface area contributed by atoms with E-state index < -0.39 is 8.15 Å². The second-order valence-electron chi connectivity index (χ2n) is 4.52. The number of hydrogen-bond acceptors (Lipinski definition) is 3. The Kier molecular flexibility index (Phi) is 5.40. The van der Waals surface area contributed by atoms with Crippen molar-refractivity contribution in [1.82, 2.24) is 0 Å².